The molecule has 0 bridgehead atoms. The molecule has 222 valence electrons. The molecule has 4 amide bonds. The Hall–Kier alpha value is -4.65. The van der Waals surface area contributed by atoms with Crippen molar-refractivity contribution < 1.29 is 39.3 Å². The Kier molecular flexibility index (Phi) is 12.1. The lowest BCUT2D eigenvalue weighted by Crippen LogP contribution is -2.58. The van der Waals surface area contributed by atoms with Gasteiger partial charge < -0.3 is 42.7 Å². The molecular formula is C28H37N5O8. The smallest absolute Gasteiger partial charge is 0.326 e. The van der Waals surface area contributed by atoms with E-state index in [1.807, 2.05) is 0 Å². The number of carboxylic acids is 1. The molecule has 0 aliphatic heterocycles. The fourth-order valence-electron chi connectivity index (χ4n) is 3.81. The quantitative estimate of drug-likeness (QED) is 0.140. The first-order chi connectivity index (χ1) is 19.3. The maximum absolute atomic E-state index is 13.5. The molecule has 0 aliphatic rings. The summed E-state index contributed by atoms with van der Waals surface area (Å²) in [5, 5.41) is 36.3. The fraction of sp³-hybridized carbons (Fsp3) is 0.393. The van der Waals surface area contributed by atoms with E-state index in [0.29, 0.717) is 11.1 Å². The number of carbonyl (C=O) groups excluding carboxylic acids is 4. The molecule has 2 rings (SSSR count). The van der Waals surface area contributed by atoms with Crippen molar-refractivity contribution in [3.8, 4) is 11.5 Å². The van der Waals surface area contributed by atoms with Crippen molar-refractivity contribution in [3.63, 3.8) is 0 Å². The van der Waals surface area contributed by atoms with Gasteiger partial charge in [0.05, 0.1) is 6.04 Å². The number of amides is 4. The summed E-state index contributed by atoms with van der Waals surface area (Å²) in [5.74, 6) is -4.56. The first-order valence-electron chi connectivity index (χ1n) is 13.0. The summed E-state index contributed by atoms with van der Waals surface area (Å²) in [6.45, 7) is 3.49. The maximum Gasteiger partial charge on any atom is 0.326 e. The second kappa shape index (κ2) is 15.2. The van der Waals surface area contributed by atoms with E-state index in [4.69, 9.17) is 11.5 Å². The van der Waals surface area contributed by atoms with Crippen LogP contribution in [-0.2, 0) is 36.8 Å². The number of aliphatic carboxylic acids is 1. The molecule has 13 heteroatoms. The molecule has 41 heavy (non-hydrogen) atoms. The lowest BCUT2D eigenvalue weighted by molar-refractivity contribution is -0.142. The minimum Gasteiger partial charge on any atom is -0.508 e. The number of nitrogens with one attached hydrogen (secondary N) is 3. The Morgan fingerprint density at radius 2 is 1.10 bits per heavy atom. The molecule has 0 radical (unpaired) electrons. The number of benzene rings is 2. The average molecular weight is 572 g/mol. The molecule has 4 atom stereocenters. The van der Waals surface area contributed by atoms with E-state index in [1.165, 1.54) is 36.4 Å². The number of rotatable bonds is 15. The second-order valence-corrected chi connectivity index (χ2v) is 10.0. The number of aromatic hydroxyl groups is 2. The van der Waals surface area contributed by atoms with Gasteiger partial charge in [-0.25, -0.2) is 4.79 Å². The van der Waals surface area contributed by atoms with Crippen LogP contribution in [0.1, 0.15) is 37.8 Å². The molecule has 0 fully saturated rings. The Balaban J connectivity index is 2.34. The Labute approximate surface area is 237 Å². The van der Waals surface area contributed by atoms with Crippen LogP contribution < -0.4 is 27.4 Å². The summed E-state index contributed by atoms with van der Waals surface area (Å²) in [4.78, 5) is 62.4. The van der Waals surface area contributed by atoms with Crippen molar-refractivity contribution in [1.82, 2.24) is 16.0 Å². The number of hydrogen-bond acceptors (Lipinski definition) is 8. The van der Waals surface area contributed by atoms with Gasteiger partial charge in [0, 0.05) is 19.3 Å². The van der Waals surface area contributed by atoms with Gasteiger partial charge >= 0.3 is 5.97 Å². The van der Waals surface area contributed by atoms with E-state index < -0.39 is 53.8 Å². The second-order valence-electron chi connectivity index (χ2n) is 10.0. The summed E-state index contributed by atoms with van der Waals surface area (Å²) in [7, 11) is 0. The predicted octanol–water partition coefficient (Wildman–Crippen LogP) is -0.329. The van der Waals surface area contributed by atoms with Crippen molar-refractivity contribution in [2.45, 2.75) is 63.7 Å². The van der Waals surface area contributed by atoms with Crippen molar-refractivity contribution in [3.05, 3.63) is 59.7 Å². The van der Waals surface area contributed by atoms with Gasteiger partial charge in [0.1, 0.15) is 29.6 Å². The van der Waals surface area contributed by atoms with Gasteiger partial charge in [-0.1, -0.05) is 38.1 Å². The molecule has 0 heterocycles. The molecule has 0 saturated carbocycles. The van der Waals surface area contributed by atoms with E-state index in [1.54, 1.807) is 26.0 Å². The highest BCUT2D eigenvalue weighted by atomic mass is 16.4. The highest BCUT2D eigenvalue weighted by Gasteiger charge is 2.31. The standard InChI is InChI=1S/C28H37N5O8/c1-15(2)24(30)27(39)33-22(14-17-5-9-19(35)10-6-17)26(38)32-21(13-16-3-7-18(34)8-4-16)25(37)31-20(28(40)41)11-12-23(29)36/h3-10,15,20-22,24,34-35H,11-14,30H2,1-2H3,(H2,29,36)(H,31,37)(H,32,38)(H,33,39)(H,40,41). The molecule has 2 aromatic rings. The first kappa shape index (κ1) is 32.6. The van der Waals surface area contributed by atoms with E-state index in [2.05, 4.69) is 16.0 Å². The summed E-state index contributed by atoms with van der Waals surface area (Å²) in [5.41, 5.74) is 12.2. The van der Waals surface area contributed by atoms with Gasteiger partial charge in [-0.3, -0.25) is 19.2 Å². The monoisotopic (exact) mass is 571 g/mol. The Bertz CT molecular complexity index is 1220. The van der Waals surface area contributed by atoms with Crippen LogP contribution >= 0.6 is 0 Å². The maximum atomic E-state index is 13.5. The topological polar surface area (TPSA) is 234 Å². The van der Waals surface area contributed by atoms with Crippen molar-refractivity contribution in [1.29, 1.82) is 0 Å². The zero-order valence-corrected chi connectivity index (χ0v) is 22.9. The van der Waals surface area contributed by atoms with Crippen LogP contribution in [-0.4, -0.2) is 69.1 Å². The number of primary amides is 1. The number of carboxylic acid groups (broad SMARTS) is 1. The molecule has 0 saturated heterocycles. The van der Waals surface area contributed by atoms with Crippen LogP contribution in [0.25, 0.3) is 0 Å². The Morgan fingerprint density at radius 3 is 1.46 bits per heavy atom. The van der Waals surface area contributed by atoms with Crippen LogP contribution in [0.2, 0.25) is 0 Å². The highest BCUT2D eigenvalue weighted by Crippen LogP contribution is 2.14. The minimum absolute atomic E-state index is 0.00736. The summed E-state index contributed by atoms with van der Waals surface area (Å²) < 4.78 is 0. The SMILES string of the molecule is CC(C)C(N)C(=O)NC(Cc1ccc(O)cc1)C(=O)NC(Cc1ccc(O)cc1)C(=O)NC(CCC(N)=O)C(=O)O. The first-order valence-corrected chi connectivity index (χ1v) is 13.0. The van der Waals surface area contributed by atoms with Crippen LogP contribution in [0.5, 0.6) is 11.5 Å². The number of phenolic OH excluding ortho intramolecular Hbond substituents is 2. The van der Waals surface area contributed by atoms with Gasteiger partial charge in [-0.05, 0) is 47.7 Å². The normalized spacial score (nSPS) is 13.9. The summed E-state index contributed by atoms with van der Waals surface area (Å²) >= 11 is 0. The third-order valence-electron chi connectivity index (χ3n) is 6.33. The molecule has 0 spiro atoms. The molecule has 0 aromatic heterocycles. The number of phenols is 2. The summed E-state index contributed by atoms with van der Waals surface area (Å²) in [6.07, 6.45) is -0.649. The van der Waals surface area contributed by atoms with E-state index in [0.717, 1.165) is 0 Å². The largest absolute Gasteiger partial charge is 0.508 e. The predicted molar refractivity (Wildman–Crippen MR) is 148 cm³/mol. The third-order valence-corrected chi connectivity index (χ3v) is 6.33. The van der Waals surface area contributed by atoms with Gasteiger partial charge in [0.25, 0.3) is 0 Å². The number of carbonyl (C=O) groups is 5. The highest BCUT2D eigenvalue weighted by molar-refractivity contribution is 5.94. The molecular weight excluding hydrogens is 534 g/mol. The van der Waals surface area contributed by atoms with Gasteiger partial charge in [0.15, 0.2) is 0 Å². The van der Waals surface area contributed by atoms with E-state index >= 15 is 0 Å². The lowest BCUT2D eigenvalue weighted by atomic mass is 10.00. The van der Waals surface area contributed by atoms with Gasteiger partial charge in [-0.2, -0.15) is 0 Å². The van der Waals surface area contributed by atoms with Gasteiger partial charge in [-0.15, -0.1) is 0 Å². The average Bonchev–Trinajstić information content (AvgIpc) is 2.91. The third kappa shape index (κ3) is 10.8. The number of hydrogen-bond donors (Lipinski definition) is 8. The molecule has 13 nitrogen and oxygen atoms in total. The molecule has 4 unspecified atom stereocenters. The van der Waals surface area contributed by atoms with Crippen LogP contribution in [0.3, 0.4) is 0 Å². The lowest BCUT2D eigenvalue weighted by Gasteiger charge is -2.26. The van der Waals surface area contributed by atoms with Crippen molar-refractivity contribution in [2.24, 2.45) is 17.4 Å². The molecule has 0 aliphatic carbocycles. The molecule has 10 N–H and O–H groups in total. The van der Waals surface area contributed by atoms with E-state index in [9.17, 15) is 39.3 Å². The fourth-order valence-corrected chi connectivity index (χ4v) is 3.81. The number of nitrogens with two attached hydrogens (primary N) is 2. The zero-order valence-electron chi connectivity index (χ0n) is 22.9. The van der Waals surface area contributed by atoms with Crippen LogP contribution in [0, 0.1) is 5.92 Å². The minimum atomic E-state index is -1.45. The van der Waals surface area contributed by atoms with E-state index in [-0.39, 0.29) is 43.1 Å². The Morgan fingerprint density at radius 1 is 0.707 bits per heavy atom. The van der Waals surface area contributed by atoms with Gasteiger partial charge in [0.2, 0.25) is 23.6 Å². The molecule has 2 aromatic carbocycles. The van der Waals surface area contributed by atoms with Crippen molar-refractivity contribution >= 4 is 29.6 Å². The summed E-state index contributed by atoms with van der Waals surface area (Å²) in [6, 6.07) is 6.96. The zero-order chi connectivity index (χ0) is 30.7. The van der Waals surface area contributed by atoms with Crippen LogP contribution in [0.4, 0.5) is 0 Å². The van der Waals surface area contributed by atoms with Crippen LogP contribution in [0.15, 0.2) is 48.5 Å². The van der Waals surface area contributed by atoms with Crippen molar-refractivity contribution in [2.75, 3.05) is 0 Å².